The normalized spacial score (nSPS) is 13.5. The molecule has 8 nitrogen and oxygen atoms in total. The number of fused-ring (bicyclic) bond motifs is 1. The van der Waals surface area contributed by atoms with Gasteiger partial charge in [0.1, 0.15) is 11.6 Å². The average Bonchev–Trinajstić information content (AvgIpc) is 2.60. The fourth-order valence-corrected chi connectivity index (χ4v) is 3.09. The Morgan fingerprint density at radius 1 is 1.31 bits per heavy atom. The van der Waals surface area contributed by atoms with Gasteiger partial charge in [0, 0.05) is 0 Å². The minimum atomic E-state index is -1.35. The summed E-state index contributed by atoms with van der Waals surface area (Å²) in [5.41, 5.74) is -0.0113. The number of nitrogens with zero attached hydrogens (tertiary/aromatic N) is 3. The second-order valence-electron chi connectivity index (χ2n) is 6.21. The molecule has 2 rings (SSSR count). The fourth-order valence-electron chi connectivity index (χ4n) is 2.62. The van der Waals surface area contributed by atoms with Crippen LogP contribution in [-0.4, -0.2) is 44.9 Å². The molecule has 0 spiro atoms. The maximum atomic E-state index is 12.7. The Balaban J connectivity index is 2.36. The van der Waals surface area contributed by atoms with E-state index >= 15 is 0 Å². The van der Waals surface area contributed by atoms with Crippen molar-refractivity contribution in [2.45, 2.75) is 32.4 Å². The largest absolute Gasteiger partial charge is 0.548 e. The van der Waals surface area contributed by atoms with Crippen molar-refractivity contribution in [2.24, 2.45) is 5.92 Å². The van der Waals surface area contributed by atoms with Gasteiger partial charge in [-0.15, -0.1) is 5.10 Å². The van der Waals surface area contributed by atoms with Gasteiger partial charge in [-0.25, -0.2) is 0 Å². The van der Waals surface area contributed by atoms with Crippen molar-refractivity contribution >= 4 is 34.5 Å². The first-order chi connectivity index (χ1) is 12.4. The van der Waals surface area contributed by atoms with Gasteiger partial charge in [0.15, 0.2) is 0 Å². The van der Waals surface area contributed by atoms with Crippen molar-refractivity contribution in [2.75, 3.05) is 12.0 Å². The topological polar surface area (TPSA) is 117 Å². The number of carbonyl (C=O) groups is 2. The van der Waals surface area contributed by atoms with E-state index in [4.69, 9.17) is 0 Å². The summed E-state index contributed by atoms with van der Waals surface area (Å²) < 4.78 is 1.02. The predicted molar refractivity (Wildman–Crippen MR) is 97.6 cm³/mol. The highest BCUT2D eigenvalue weighted by Crippen LogP contribution is 2.17. The van der Waals surface area contributed by atoms with Crippen LogP contribution < -0.4 is 16.0 Å². The molecule has 9 heteroatoms. The first-order valence-electron chi connectivity index (χ1n) is 8.21. The first kappa shape index (κ1) is 19.9. The van der Waals surface area contributed by atoms with E-state index in [1.165, 1.54) is 11.8 Å². The number of benzene rings is 1. The van der Waals surface area contributed by atoms with Gasteiger partial charge in [0.2, 0.25) is 5.91 Å². The molecule has 0 aliphatic carbocycles. The molecule has 0 aliphatic heterocycles. The summed E-state index contributed by atoms with van der Waals surface area (Å²) in [6, 6.07) is 4.61. The third kappa shape index (κ3) is 4.40. The molecule has 0 bridgehead atoms. The van der Waals surface area contributed by atoms with E-state index in [0.29, 0.717) is 16.7 Å². The number of carboxylic acid groups (broad SMARTS) is 1. The van der Waals surface area contributed by atoms with E-state index in [2.05, 4.69) is 15.6 Å². The highest BCUT2D eigenvalue weighted by Gasteiger charge is 2.29. The average molecular weight is 377 g/mol. The van der Waals surface area contributed by atoms with Crippen LogP contribution in [0.5, 0.6) is 0 Å². The van der Waals surface area contributed by atoms with Crippen molar-refractivity contribution in [1.29, 1.82) is 0 Å². The number of amides is 1. The van der Waals surface area contributed by atoms with Gasteiger partial charge in [0.25, 0.3) is 5.56 Å². The van der Waals surface area contributed by atoms with Gasteiger partial charge in [-0.3, -0.25) is 9.59 Å². The SMILES string of the molecule is CSCC[C@H](NC(=O)[C@H](C(C)C)n1nnc2ccccc2c1=O)C(=O)[O-]. The molecule has 1 amide bonds. The lowest BCUT2D eigenvalue weighted by molar-refractivity contribution is -0.308. The third-order valence-corrected chi connectivity index (χ3v) is 4.61. The van der Waals surface area contributed by atoms with Crippen LogP contribution in [0.15, 0.2) is 29.1 Å². The van der Waals surface area contributed by atoms with Crippen LogP contribution >= 0.6 is 11.8 Å². The maximum absolute atomic E-state index is 12.7. The van der Waals surface area contributed by atoms with Crippen LogP contribution in [0.2, 0.25) is 0 Å². The maximum Gasteiger partial charge on any atom is 0.278 e. The number of hydrogen-bond donors (Lipinski definition) is 1. The van der Waals surface area contributed by atoms with Gasteiger partial charge in [0.05, 0.1) is 17.4 Å². The summed E-state index contributed by atoms with van der Waals surface area (Å²) in [6.45, 7) is 3.51. The number of aromatic nitrogens is 3. The molecule has 1 aromatic heterocycles. The second-order valence-corrected chi connectivity index (χ2v) is 7.19. The minimum Gasteiger partial charge on any atom is -0.548 e. The summed E-state index contributed by atoms with van der Waals surface area (Å²) in [5.74, 6) is -1.69. The highest BCUT2D eigenvalue weighted by molar-refractivity contribution is 7.98. The lowest BCUT2D eigenvalue weighted by Gasteiger charge is -2.25. The Bertz CT molecular complexity index is 852. The van der Waals surface area contributed by atoms with Gasteiger partial charge >= 0.3 is 0 Å². The van der Waals surface area contributed by atoms with Gasteiger partial charge in [-0.2, -0.15) is 16.4 Å². The lowest BCUT2D eigenvalue weighted by atomic mass is 10.0. The number of thioether (sulfide) groups is 1. The number of aliphatic carboxylic acids is 1. The van der Waals surface area contributed by atoms with Gasteiger partial charge in [-0.05, 0) is 36.5 Å². The first-order valence-corrected chi connectivity index (χ1v) is 9.60. The predicted octanol–water partition coefficient (Wildman–Crippen LogP) is -0.0236. The zero-order valence-corrected chi connectivity index (χ0v) is 15.7. The van der Waals surface area contributed by atoms with E-state index in [-0.39, 0.29) is 12.3 Å². The number of carboxylic acids is 1. The minimum absolute atomic E-state index is 0.234. The van der Waals surface area contributed by atoms with Crippen molar-refractivity contribution in [3.8, 4) is 0 Å². The number of nitrogens with one attached hydrogen (secondary N) is 1. The highest BCUT2D eigenvalue weighted by atomic mass is 32.2. The zero-order valence-electron chi connectivity index (χ0n) is 14.8. The van der Waals surface area contributed by atoms with Crippen molar-refractivity contribution in [3.63, 3.8) is 0 Å². The van der Waals surface area contributed by atoms with Crippen LogP contribution in [0.3, 0.4) is 0 Å². The molecule has 26 heavy (non-hydrogen) atoms. The van der Waals surface area contributed by atoms with E-state index in [9.17, 15) is 19.5 Å². The Hall–Kier alpha value is -2.42. The van der Waals surface area contributed by atoms with Crippen LogP contribution in [0, 0.1) is 5.92 Å². The quantitative estimate of drug-likeness (QED) is 0.687. The van der Waals surface area contributed by atoms with Crippen LogP contribution in [0.4, 0.5) is 0 Å². The summed E-state index contributed by atoms with van der Waals surface area (Å²) in [5, 5.41) is 22.0. The van der Waals surface area contributed by atoms with E-state index in [1.54, 1.807) is 38.1 Å². The Morgan fingerprint density at radius 3 is 2.62 bits per heavy atom. The molecule has 0 unspecified atom stereocenters. The summed E-state index contributed by atoms with van der Waals surface area (Å²) in [4.78, 5) is 36.7. The molecule has 0 saturated carbocycles. The molecule has 2 aromatic rings. The number of rotatable bonds is 8. The number of carbonyl (C=O) groups excluding carboxylic acids is 2. The van der Waals surface area contributed by atoms with Crippen molar-refractivity contribution in [3.05, 3.63) is 34.6 Å². The molecular formula is C17H21N4O4S-. The standard InChI is InChI=1S/C17H22N4O4S/c1-10(2)14(15(22)18-13(17(24)25)8-9-26-3)21-16(23)11-6-4-5-7-12(11)19-20-21/h4-7,10,13-14H,8-9H2,1-3H3,(H,18,22)(H,24,25)/p-1/t13-,14-/m0/s1. The molecule has 0 radical (unpaired) electrons. The third-order valence-electron chi connectivity index (χ3n) is 3.97. The Morgan fingerprint density at radius 2 is 2.00 bits per heavy atom. The molecule has 1 aromatic carbocycles. The lowest BCUT2D eigenvalue weighted by Crippen LogP contribution is -2.51. The molecule has 0 fully saturated rings. The van der Waals surface area contributed by atoms with Gasteiger partial charge in [-0.1, -0.05) is 31.2 Å². The smallest absolute Gasteiger partial charge is 0.278 e. The Kier molecular flexibility index (Phi) is 6.73. The summed E-state index contributed by atoms with van der Waals surface area (Å²) >= 11 is 1.47. The molecular weight excluding hydrogens is 356 g/mol. The van der Waals surface area contributed by atoms with Crippen LogP contribution in [0.1, 0.15) is 26.3 Å². The molecule has 0 aliphatic rings. The van der Waals surface area contributed by atoms with Gasteiger partial charge < -0.3 is 15.2 Å². The summed E-state index contributed by atoms with van der Waals surface area (Å²) in [6.07, 6.45) is 2.08. The zero-order chi connectivity index (χ0) is 19.3. The fraction of sp³-hybridized carbons (Fsp3) is 0.471. The van der Waals surface area contributed by atoms with Crippen molar-refractivity contribution < 1.29 is 14.7 Å². The number of hydrogen-bond acceptors (Lipinski definition) is 7. The van der Waals surface area contributed by atoms with Crippen molar-refractivity contribution in [1.82, 2.24) is 20.3 Å². The van der Waals surface area contributed by atoms with E-state index < -0.39 is 29.5 Å². The van der Waals surface area contributed by atoms with E-state index in [0.717, 1.165) is 4.68 Å². The molecule has 2 atom stereocenters. The molecule has 1 N–H and O–H groups in total. The summed E-state index contributed by atoms with van der Waals surface area (Å²) in [7, 11) is 0. The molecule has 0 saturated heterocycles. The molecule has 140 valence electrons. The Labute approximate surface area is 155 Å². The second kappa shape index (κ2) is 8.79. The van der Waals surface area contributed by atoms with Crippen LogP contribution in [-0.2, 0) is 9.59 Å². The monoisotopic (exact) mass is 377 g/mol. The van der Waals surface area contributed by atoms with Crippen LogP contribution in [0.25, 0.3) is 10.9 Å². The molecule has 1 heterocycles. The van der Waals surface area contributed by atoms with E-state index in [1.807, 2.05) is 6.26 Å².